The van der Waals surface area contributed by atoms with Gasteiger partial charge in [-0.3, -0.25) is 14.5 Å². The van der Waals surface area contributed by atoms with Crippen LogP contribution in [0.15, 0.2) is 36.4 Å². The normalized spacial score (nSPS) is 20.5. The molecule has 0 unspecified atom stereocenters. The van der Waals surface area contributed by atoms with Gasteiger partial charge in [-0.05, 0) is 68.9 Å². The fourth-order valence-electron chi connectivity index (χ4n) is 5.58. The SMILES string of the molecule is CC(C)OCCNC(=O)c1ccc(-c2ccc3c(c2)CCN([C@H]2CCN(C4CCC4)C2)C3=O)c(F)c1. The fourth-order valence-corrected chi connectivity index (χ4v) is 5.58. The highest BCUT2D eigenvalue weighted by Crippen LogP contribution is 2.33. The third kappa shape index (κ3) is 5.18. The summed E-state index contributed by atoms with van der Waals surface area (Å²) in [6.07, 6.45) is 5.83. The van der Waals surface area contributed by atoms with Crippen LogP contribution in [0.1, 0.15) is 65.8 Å². The van der Waals surface area contributed by atoms with Crippen molar-refractivity contribution in [2.75, 3.05) is 32.8 Å². The van der Waals surface area contributed by atoms with Crippen LogP contribution in [0, 0.1) is 5.82 Å². The van der Waals surface area contributed by atoms with Crippen molar-refractivity contribution in [1.29, 1.82) is 0 Å². The van der Waals surface area contributed by atoms with E-state index in [1.165, 1.54) is 25.3 Å². The van der Waals surface area contributed by atoms with Crippen molar-refractivity contribution in [3.05, 3.63) is 58.9 Å². The monoisotopic (exact) mass is 493 g/mol. The van der Waals surface area contributed by atoms with Crippen molar-refractivity contribution in [3.63, 3.8) is 0 Å². The van der Waals surface area contributed by atoms with Crippen molar-refractivity contribution in [1.82, 2.24) is 15.1 Å². The van der Waals surface area contributed by atoms with Crippen molar-refractivity contribution in [3.8, 4) is 11.1 Å². The number of nitrogens with one attached hydrogen (secondary N) is 1. The molecular weight excluding hydrogens is 457 g/mol. The van der Waals surface area contributed by atoms with Gasteiger partial charge in [-0.1, -0.05) is 24.6 Å². The van der Waals surface area contributed by atoms with E-state index < -0.39 is 5.82 Å². The number of halogens is 1. The molecule has 0 aromatic heterocycles. The number of hydrogen-bond donors (Lipinski definition) is 1. The number of rotatable bonds is 8. The Morgan fingerprint density at radius 3 is 2.61 bits per heavy atom. The van der Waals surface area contributed by atoms with Crippen LogP contribution in [0.3, 0.4) is 0 Å². The van der Waals surface area contributed by atoms with Crippen molar-refractivity contribution in [2.24, 2.45) is 0 Å². The van der Waals surface area contributed by atoms with Gasteiger partial charge in [0.2, 0.25) is 0 Å². The average Bonchev–Trinajstić information content (AvgIpc) is 3.29. The Hall–Kier alpha value is -2.77. The third-order valence-electron chi connectivity index (χ3n) is 7.83. The number of amides is 2. The van der Waals surface area contributed by atoms with E-state index in [0.29, 0.717) is 31.3 Å². The lowest BCUT2D eigenvalue weighted by Gasteiger charge is -2.37. The molecule has 1 N–H and O–H groups in total. The molecule has 1 saturated carbocycles. The summed E-state index contributed by atoms with van der Waals surface area (Å²) in [4.78, 5) is 30.3. The van der Waals surface area contributed by atoms with Crippen LogP contribution in [-0.4, -0.2) is 72.6 Å². The standard InChI is InChI=1S/C29H36FN3O3/c1-19(2)36-15-12-31-28(34)22-7-8-25(27(30)17-22)20-6-9-26-21(16-20)10-14-33(29(26)35)24-11-13-32(18-24)23-4-3-5-23/h6-9,16-17,19,23-24H,3-5,10-15,18H2,1-2H3,(H,31,34)/t24-/m0/s1. The largest absolute Gasteiger partial charge is 0.377 e. The Kier molecular flexibility index (Phi) is 7.39. The molecule has 0 radical (unpaired) electrons. The zero-order valence-corrected chi connectivity index (χ0v) is 21.3. The Balaban J connectivity index is 1.24. The van der Waals surface area contributed by atoms with E-state index in [0.717, 1.165) is 48.7 Å². The van der Waals surface area contributed by atoms with E-state index in [1.54, 1.807) is 12.1 Å². The summed E-state index contributed by atoms with van der Waals surface area (Å²) < 4.78 is 20.4. The molecule has 2 amide bonds. The number of nitrogens with zero attached hydrogens (tertiary/aromatic N) is 2. The molecule has 6 nitrogen and oxygen atoms in total. The lowest BCUT2D eigenvalue weighted by atomic mass is 9.91. The van der Waals surface area contributed by atoms with Gasteiger partial charge < -0.3 is 15.0 Å². The summed E-state index contributed by atoms with van der Waals surface area (Å²) in [7, 11) is 0. The molecular formula is C29H36FN3O3. The molecule has 1 aliphatic carbocycles. The zero-order valence-electron chi connectivity index (χ0n) is 21.3. The van der Waals surface area contributed by atoms with E-state index in [2.05, 4.69) is 15.1 Å². The maximum Gasteiger partial charge on any atom is 0.254 e. The molecule has 2 aromatic rings. The first-order chi connectivity index (χ1) is 17.4. The third-order valence-corrected chi connectivity index (χ3v) is 7.83. The number of likely N-dealkylation sites (tertiary alicyclic amines) is 1. The number of benzene rings is 2. The minimum Gasteiger partial charge on any atom is -0.377 e. The summed E-state index contributed by atoms with van der Waals surface area (Å²) in [5.41, 5.74) is 3.12. The summed E-state index contributed by atoms with van der Waals surface area (Å²) in [6, 6.07) is 11.1. The van der Waals surface area contributed by atoms with Crippen LogP contribution in [-0.2, 0) is 11.2 Å². The second kappa shape index (κ2) is 10.7. The van der Waals surface area contributed by atoms with Gasteiger partial charge in [0, 0.05) is 55.0 Å². The number of hydrogen-bond acceptors (Lipinski definition) is 4. The van der Waals surface area contributed by atoms with Crippen molar-refractivity contribution >= 4 is 11.8 Å². The van der Waals surface area contributed by atoms with Gasteiger partial charge in [0.25, 0.3) is 11.8 Å². The molecule has 2 heterocycles. The summed E-state index contributed by atoms with van der Waals surface area (Å²) in [5.74, 6) is -0.684. The van der Waals surface area contributed by atoms with Crippen molar-refractivity contribution < 1.29 is 18.7 Å². The van der Waals surface area contributed by atoms with Crippen LogP contribution in [0.5, 0.6) is 0 Å². The van der Waals surface area contributed by atoms with Gasteiger partial charge in [-0.15, -0.1) is 0 Å². The van der Waals surface area contributed by atoms with E-state index in [4.69, 9.17) is 4.74 Å². The van der Waals surface area contributed by atoms with Gasteiger partial charge >= 0.3 is 0 Å². The van der Waals surface area contributed by atoms with Gasteiger partial charge in [0.1, 0.15) is 5.82 Å². The Morgan fingerprint density at radius 2 is 1.89 bits per heavy atom. The summed E-state index contributed by atoms with van der Waals surface area (Å²) in [6.45, 7) is 7.43. The maximum atomic E-state index is 15.0. The number of carbonyl (C=O) groups is 2. The Morgan fingerprint density at radius 1 is 1.08 bits per heavy atom. The van der Waals surface area contributed by atoms with E-state index >= 15 is 4.39 Å². The predicted octanol–water partition coefficient (Wildman–Crippen LogP) is 4.27. The summed E-state index contributed by atoms with van der Waals surface area (Å²) in [5, 5.41) is 2.75. The fraction of sp³-hybridized carbons (Fsp3) is 0.517. The van der Waals surface area contributed by atoms with Gasteiger partial charge in [0.05, 0.1) is 12.7 Å². The molecule has 7 heteroatoms. The second-order valence-corrected chi connectivity index (χ2v) is 10.5. The van der Waals surface area contributed by atoms with Crippen LogP contribution >= 0.6 is 0 Å². The molecule has 36 heavy (non-hydrogen) atoms. The van der Waals surface area contributed by atoms with E-state index in [9.17, 15) is 9.59 Å². The molecule has 0 spiro atoms. The summed E-state index contributed by atoms with van der Waals surface area (Å²) >= 11 is 0. The molecule has 5 rings (SSSR count). The predicted molar refractivity (Wildman–Crippen MR) is 138 cm³/mol. The molecule has 1 atom stereocenters. The Bertz CT molecular complexity index is 1130. The number of carbonyl (C=O) groups excluding carboxylic acids is 2. The van der Waals surface area contributed by atoms with Crippen LogP contribution in [0.4, 0.5) is 4.39 Å². The van der Waals surface area contributed by atoms with Crippen LogP contribution in [0.2, 0.25) is 0 Å². The highest BCUT2D eigenvalue weighted by atomic mass is 19.1. The molecule has 2 fully saturated rings. The first kappa shape index (κ1) is 24.9. The van der Waals surface area contributed by atoms with Crippen molar-refractivity contribution in [2.45, 2.75) is 64.1 Å². The van der Waals surface area contributed by atoms with Gasteiger partial charge in [-0.25, -0.2) is 4.39 Å². The quantitative estimate of drug-likeness (QED) is 0.558. The smallest absolute Gasteiger partial charge is 0.254 e. The molecule has 2 aliphatic heterocycles. The number of ether oxygens (including phenoxy) is 1. The lowest BCUT2D eigenvalue weighted by molar-refractivity contribution is 0.0646. The topological polar surface area (TPSA) is 61.9 Å². The minimum atomic E-state index is -0.452. The highest BCUT2D eigenvalue weighted by molar-refractivity contribution is 5.98. The zero-order chi connectivity index (χ0) is 25.2. The first-order valence-electron chi connectivity index (χ1n) is 13.3. The molecule has 3 aliphatic rings. The van der Waals surface area contributed by atoms with E-state index in [-0.39, 0.29) is 23.5 Å². The average molecular weight is 494 g/mol. The molecule has 0 bridgehead atoms. The minimum absolute atomic E-state index is 0.0946. The molecule has 2 aromatic carbocycles. The lowest BCUT2D eigenvalue weighted by Crippen LogP contribution is -2.47. The maximum absolute atomic E-state index is 15.0. The second-order valence-electron chi connectivity index (χ2n) is 10.5. The Labute approximate surface area is 212 Å². The van der Waals surface area contributed by atoms with E-state index in [1.807, 2.05) is 32.0 Å². The van der Waals surface area contributed by atoms with Gasteiger partial charge in [-0.2, -0.15) is 0 Å². The van der Waals surface area contributed by atoms with Crippen LogP contribution in [0.25, 0.3) is 11.1 Å². The highest BCUT2D eigenvalue weighted by Gasteiger charge is 2.37. The van der Waals surface area contributed by atoms with Crippen LogP contribution < -0.4 is 5.32 Å². The van der Waals surface area contributed by atoms with Gasteiger partial charge in [0.15, 0.2) is 0 Å². The molecule has 1 saturated heterocycles. The molecule has 192 valence electrons. The first-order valence-corrected chi connectivity index (χ1v) is 13.3. The number of fused-ring (bicyclic) bond motifs is 1.